The van der Waals surface area contributed by atoms with Crippen molar-refractivity contribution in [1.29, 1.82) is 0 Å². The topological polar surface area (TPSA) is 74.0 Å². The van der Waals surface area contributed by atoms with E-state index in [2.05, 4.69) is 15.4 Å². The molecule has 4 rings (SSSR count). The van der Waals surface area contributed by atoms with E-state index in [1.54, 1.807) is 11.0 Å². The Hall–Kier alpha value is -2.67. The Morgan fingerprint density at radius 1 is 1.38 bits per heavy atom. The standard InChI is InChI=1S/C19H23N5O2/c1-13-14(11-23(2)22-13)19-16(8-10-26-19)21-18(25)7-9-24-12-20-15-5-3-4-6-17(15)24/h3-6,11-12,16,19H,7-10H2,1-2H3,(H,21,25)/t16-,19+/m0/s1. The molecule has 1 aliphatic rings. The van der Waals surface area contributed by atoms with Gasteiger partial charge in [0, 0.05) is 38.4 Å². The number of ether oxygens (including phenoxy) is 1. The molecular weight excluding hydrogens is 330 g/mol. The minimum absolute atomic E-state index is 0.00932. The number of imidazole rings is 1. The van der Waals surface area contributed by atoms with Crippen LogP contribution in [0.2, 0.25) is 0 Å². The van der Waals surface area contributed by atoms with Crippen molar-refractivity contribution in [3.63, 3.8) is 0 Å². The molecule has 7 nitrogen and oxygen atoms in total. The number of hydrogen-bond acceptors (Lipinski definition) is 4. The second-order valence-electron chi connectivity index (χ2n) is 6.77. The largest absolute Gasteiger partial charge is 0.371 e. The number of hydrogen-bond donors (Lipinski definition) is 1. The number of nitrogens with one attached hydrogen (secondary N) is 1. The molecule has 1 aromatic carbocycles. The fourth-order valence-electron chi connectivity index (χ4n) is 3.63. The van der Waals surface area contributed by atoms with Gasteiger partial charge >= 0.3 is 0 Å². The number of aromatic nitrogens is 4. The lowest BCUT2D eigenvalue weighted by atomic mass is 10.0. The van der Waals surface area contributed by atoms with Crippen molar-refractivity contribution in [3.05, 3.63) is 48.0 Å². The molecule has 0 spiro atoms. The van der Waals surface area contributed by atoms with Crippen LogP contribution in [0.5, 0.6) is 0 Å². The summed E-state index contributed by atoms with van der Waals surface area (Å²) in [7, 11) is 1.90. The molecule has 1 saturated heterocycles. The Morgan fingerprint density at radius 2 is 2.23 bits per heavy atom. The van der Waals surface area contributed by atoms with Gasteiger partial charge in [0.2, 0.25) is 5.91 Å². The number of amides is 1. The summed E-state index contributed by atoms with van der Waals surface area (Å²) in [5, 5.41) is 7.52. The summed E-state index contributed by atoms with van der Waals surface area (Å²) in [5.74, 6) is 0.0322. The van der Waals surface area contributed by atoms with E-state index in [4.69, 9.17) is 4.74 Å². The molecule has 3 aromatic rings. The van der Waals surface area contributed by atoms with E-state index >= 15 is 0 Å². The van der Waals surface area contributed by atoms with Crippen LogP contribution in [0.4, 0.5) is 0 Å². The molecule has 2 atom stereocenters. The predicted octanol–water partition coefficient (Wildman–Crippen LogP) is 2.11. The molecule has 1 aliphatic heterocycles. The van der Waals surface area contributed by atoms with Crippen LogP contribution in [-0.4, -0.2) is 37.9 Å². The van der Waals surface area contributed by atoms with Crippen molar-refractivity contribution in [2.75, 3.05) is 6.61 Å². The molecular formula is C19H23N5O2. The lowest BCUT2D eigenvalue weighted by Crippen LogP contribution is -2.37. The van der Waals surface area contributed by atoms with E-state index in [-0.39, 0.29) is 18.1 Å². The zero-order chi connectivity index (χ0) is 18.1. The van der Waals surface area contributed by atoms with Gasteiger partial charge in [0.15, 0.2) is 0 Å². The molecule has 7 heteroatoms. The highest BCUT2D eigenvalue weighted by Crippen LogP contribution is 2.30. The normalized spacial score (nSPS) is 19.9. The van der Waals surface area contributed by atoms with Gasteiger partial charge in [-0.05, 0) is 25.5 Å². The number of carbonyl (C=O) groups is 1. The number of benzene rings is 1. The molecule has 136 valence electrons. The van der Waals surface area contributed by atoms with E-state index in [0.29, 0.717) is 19.6 Å². The first-order chi connectivity index (χ1) is 12.6. The first-order valence-corrected chi connectivity index (χ1v) is 8.93. The van der Waals surface area contributed by atoms with E-state index in [0.717, 1.165) is 28.7 Å². The van der Waals surface area contributed by atoms with Gasteiger partial charge in [-0.25, -0.2) is 4.98 Å². The number of fused-ring (bicyclic) bond motifs is 1. The monoisotopic (exact) mass is 353 g/mol. The van der Waals surface area contributed by atoms with Crippen LogP contribution in [0.1, 0.15) is 30.2 Å². The second-order valence-corrected chi connectivity index (χ2v) is 6.77. The van der Waals surface area contributed by atoms with Gasteiger partial charge in [0.25, 0.3) is 0 Å². The predicted molar refractivity (Wildman–Crippen MR) is 97.5 cm³/mol. The van der Waals surface area contributed by atoms with Gasteiger partial charge in [-0.3, -0.25) is 9.48 Å². The minimum Gasteiger partial charge on any atom is -0.371 e. The molecule has 3 heterocycles. The quantitative estimate of drug-likeness (QED) is 0.762. The maximum atomic E-state index is 12.5. The molecule has 0 radical (unpaired) electrons. The Balaban J connectivity index is 1.39. The van der Waals surface area contributed by atoms with Crippen molar-refractivity contribution in [2.45, 2.75) is 38.5 Å². The Morgan fingerprint density at radius 3 is 3.04 bits per heavy atom. The molecule has 0 unspecified atom stereocenters. The molecule has 0 saturated carbocycles. The molecule has 2 aromatic heterocycles. The summed E-state index contributed by atoms with van der Waals surface area (Å²) in [6.07, 6.45) is 4.87. The Labute approximate surface area is 152 Å². The number of carbonyl (C=O) groups excluding carboxylic acids is 1. The van der Waals surface area contributed by atoms with E-state index < -0.39 is 0 Å². The molecule has 1 N–H and O–H groups in total. The lowest BCUT2D eigenvalue weighted by molar-refractivity contribution is -0.122. The first kappa shape index (κ1) is 16.8. The van der Waals surface area contributed by atoms with Crippen LogP contribution in [0.25, 0.3) is 11.0 Å². The van der Waals surface area contributed by atoms with Gasteiger partial charge in [-0.1, -0.05) is 12.1 Å². The molecule has 0 bridgehead atoms. The maximum absolute atomic E-state index is 12.5. The van der Waals surface area contributed by atoms with Gasteiger partial charge in [-0.15, -0.1) is 0 Å². The smallest absolute Gasteiger partial charge is 0.222 e. The van der Waals surface area contributed by atoms with Crippen molar-refractivity contribution >= 4 is 16.9 Å². The van der Waals surface area contributed by atoms with Gasteiger partial charge in [0.1, 0.15) is 6.10 Å². The van der Waals surface area contributed by atoms with Gasteiger partial charge in [0.05, 0.1) is 29.1 Å². The first-order valence-electron chi connectivity index (χ1n) is 8.93. The van der Waals surface area contributed by atoms with Crippen molar-refractivity contribution in [3.8, 4) is 0 Å². The third kappa shape index (κ3) is 3.22. The number of rotatable bonds is 5. The summed E-state index contributed by atoms with van der Waals surface area (Å²) in [6, 6.07) is 7.93. The highest BCUT2D eigenvalue weighted by Gasteiger charge is 2.32. The average Bonchev–Trinajstić information content (AvgIpc) is 3.32. The van der Waals surface area contributed by atoms with Crippen molar-refractivity contribution in [2.24, 2.45) is 7.05 Å². The third-order valence-corrected chi connectivity index (χ3v) is 4.90. The van der Waals surface area contributed by atoms with E-state index in [1.165, 1.54) is 0 Å². The highest BCUT2D eigenvalue weighted by molar-refractivity contribution is 5.77. The third-order valence-electron chi connectivity index (χ3n) is 4.90. The summed E-state index contributed by atoms with van der Waals surface area (Å²) in [6.45, 7) is 3.23. The summed E-state index contributed by atoms with van der Waals surface area (Å²) in [5.41, 5.74) is 4.00. The second kappa shape index (κ2) is 6.92. The number of para-hydroxylation sites is 2. The fourth-order valence-corrected chi connectivity index (χ4v) is 3.63. The summed E-state index contributed by atoms with van der Waals surface area (Å²) >= 11 is 0. The van der Waals surface area contributed by atoms with Crippen LogP contribution in [0, 0.1) is 6.92 Å². The van der Waals surface area contributed by atoms with Crippen molar-refractivity contribution in [1.82, 2.24) is 24.6 Å². The van der Waals surface area contributed by atoms with Crippen LogP contribution in [0.3, 0.4) is 0 Å². The summed E-state index contributed by atoms with van der Waals surface area (Å²) < 4.78 is 9.68. The average molecular weight is 353 g/mol. The maximum Gasteiger partial charge on any atom is 0.222 e. The van der Waals surface area contributed by atoms with Crippen molar-refractivity contribution < 1.29 is 9.53 Å². The van der Waals surface area contributed by atoms with Crippen LogP contribution in [0.15, 0.2) is 36.8 Å². The number of nitrogens with zero attached hydrogens (tertiary/aromatic N) is 4. The van der Waals surface area contributed by atoms with E-state index in [1.807, 2.05) is 49.0 Å². The molecule has 1 amide bonds. The SMILES string of the molecule is Cc1nn(C)cc1[C@H]1OCC[C@@H]1NC(=O)CCn1cnc2ccccc21. The van der Waals surface area contributed by atoms with E-state index in [9.17, 15) is 4.79 Å². The summed E-state index contributed by atoms with van der Waals surface area (Å²) in [4.78, 5) is 16.8. The van der Waals surface area contributed by atoms with Gasteiger partial charge < -0.3 is 14.6 Å². The molecule has 0 aliphatic carbocycles. The molecule has 1 fully saturated rings. The lowest BCUT2D eigenvalue weighted by Gasteiger charge is -2.19. The minimum atomic E-state index is -0.123. The zero-order valence-electron chi connectivity index (χ0n) is 15.1. The fraction of sp³-hybridized carbons (Fsp3) is 0.421. The Kier molecular flexibility index (Phi) is 4.46. The number of aryl methyl sites for hydroxylation is 3. The zero-order valence-corrected chi connectivity index (χ0v) is 15.1. The molecule has 26 heavy (non-hydrogen) atoms. The van der Waals surface area contributed by atoms with Crippen LogP contribution < -0.4 is 5.32 Å². The highest BCUT2D eigenvalue weighted by atomic mass is 16.5. The Bertz CT molecular complexity index is 929. The van der Waals surface area contributed by atoms with Gasteiger partial charge in [-0.2, -0.15) is 5.10 Å². The van der Waals surface area contributed by atoms with Crippen LogP contribution in [-0.2, 0) is 23.1 Å². The van der Waals surface area contributed by atoms with Crippen LogP contribution >= 0.6 is 0 Å².